The predicted molar refractivity (Wildman–Crippen MR) is 55.8 cm³/mol. The van der Waals surface area contributed by atoms with Crippen LogP contribution in [0.3, 0.4) is 0 Å². The molecule has 0 bridgehead atoms. The number of carbonyl (C=O) groups is 1. The van der Waals surface area contributed by atoms with Gasteiger partial charge in [0.1, 0.15) is 5.58 Å². The lowest BCUT2D eigenvalue weighted by Gasteiger charge is -2.03. The lowest BCUT2D eigenvalue weighted by molar-refractivity contribution is 0.0665. The second kappa shape index (κ2) is 3.40. The number of aromatic carboxylic acids is 1. The molecule has 0 aliphatic heterocycles. The van der Waals surface area contributed by atoms with Crippen molar-refractivity contribution < 1.29 is 14.3 Å². The summed E-state index contributed by atoms with van der Waals surface area (Å²) in [5.74, 6) is -1.11. The molecule has 15 heavy (non-hydrogen) atoms. The van der Waals surface area contributed by atoms with E-state index in [-0.39, 0.29) is 11.8 Å². The van der Waals surface area contributed by atoms with Crippen molar-refractivity contribution in [1.82, 2.24) is 0 Å². The number of nitrogens with two attached hydrogens (primary N) is 1. The maximum absolute atomic E-state index is 10.7. The van der Waals surface area contributed by atoms with Gasteiger partial charge in [0.25, 0.3) is 0 Å². The first-order valence-electron chi connectivity index (χ1n) is 4.60. The highest BCUT2D eigenvalue weighted by molar-refractivity contribution is 5.91. The molecule has 3 N–H and O–H groups in total. The van der Waals surface area contributed by atoms with E-state index in [2.05, 4.69) is 0 Å². The second-order valence-electron chi connectivity index (χ2n) is 3.50. The van der Waals surface area contributed by atoms with Crippen molar-refractivity contribution >= 4 is 16.9 Å². The van der Waals surface area contributed by atoms with Crippen LogP contribution in [0.25, 0.3) is 11.0 Å². The van der Waals surface area contributed by atoms with Crippen LogP contribution in [0.5, 0.6) is 0 Å². The molecule has 0 fully saturated rings. The third-order valence-electron chi connectivity index (χ3n) is 2.28. The van der Waals surface area contributed by atoms with Crippen LogP contribution in [-0.4, -0.2) is 11.1 Å². The molecule has 78 valence electrons. The van der Waals surface area contributed by atoms with E-state index in [9.17, 15) is 4.79 Å². The lowest BCUT2D eigenvalue weighted by atomic mass is 10.1. The summed E-state index contributed by atoms with van der Waals surface area (Å²) in [6, 6.07) is 6.85. The average Bonchev–Trinajstić information content (AvgIpc) is 2.59. The molecule has 2 aromatic rings. The standard InChI is InChI=1S/C11H11NO3/c1-6(12)7-2-3-9-8(4-7)5-10(15-9)11(13)14/h2-6H,12H2,1H3,(H,13,14). The van der Waals surface area contributed by atoms with Gasteiger partial charge in [-0.2, -0.15) is 0 Å². The zero-order valence-electron chi connectivity index (χ0n) is 8.23. The summed E-state index contributed by atoms with van der Waals surface area (Å²) in [5, 5.41) is 9.51. The Labute approximate surface area is 86.3 Å². The topological polar surface area (TPSA) is 76.5 Å². The van der Waals surface area contributed by atoms with Crippen LogP contribution < -0.4 is 5.73 Å². The Bertz CT molecular complexity index is 514. The van der Waals surface area contributed by atoms with Crippen molar-refractivity contribution in [2.24, 2.45) is 5.73 Å². The van der Waals surface area contributed by atoms with Crippen LogP contribution in [0, 0.1) is 0 Å². The molecule has 1 aromatic carbocycles. The van der Waals surface area contributed by atoms with Gasteiger partial charge in [0.05, 0.1) is 0 Å². The van der Waals surface area contributed by atoms with Crippen LogP contribution in [0.4, 0.5) is 0 Å². The zero-order valence-corrected chi connectivity index (χ0v) is 8.23. The van der Waals surface area contributed by atoms with Crippen molar-refractivity contribution in [2.45, 2.75) is 13.0 Å². The summed E-state index contributed by atoms with van der Waals surface area (Å²) in [6.45, 7) is 1.87. The minimum absolute atomic E-state index is 0.0492. The molecule has 0 aliphatic carbocycles. The molecule has 4 nitrogen and oxygen atoms in total. The summed E-state index contributed by atoms with van der Waals surface area (Å²) in [4.78, 5) is 10.7. The highest BCUT2D eigenvalue weighted by Gasteiger charge is 2.11. The van der Waals surface area contributed by atoms with Crippen LogP contribution in [-0.2, 0) is 0 Å². The predicted octanol–water partition coefficient (Wildman–Crippen LogP) is 2.15. The summed E-state index contributed by atoms with van der Waals surface area (Å²) in [7, 11) is 0. The Morgan fingerprint density at radius 3 is 2.80 bits per heavy atom. The fourth-order valence-corrected chi connectivity index (χ4v) is 1.45. The number of benzene rings is 1. The molecule has 0 saturated carbocycles. The Hall–Kier alpha value is -1.81. The second-order valence-corrected chi connectivity index (χ2v) is 3.50. The van der Waals surface area contributed by atoms with E-state index in [1.165, 1.54) is 6.07 Å². The van der Waals surface area contributed by atoms with Gasteiger partial charge in [-0.3, -0.25) is 0 Å². The molecule has 1 aromatic heterocycles. The van der Waals surface area contributed by atoms with E-state index in [1.54, 1.807) is 6.07 Å². The highest BCUT2D eigenvalue weighted by Crippen LogP contribution is 2.22. The van der Waals surface area contributed by atoms with Crippen molar-refractivity contribution in [1.29, 1.82) is 0 Å². The van der Waals surface area contributed by atoms with Gasteiger partial charge in [-0.15, -0.1) is 0 Å². The summed E-state index contributed by atoms with van der Waals surface area (Å²) in [5.41, 5.74) is 7.25. The van der Waals surface area contributed by atoms with Gasteiger partial charge in [-0.05, 0) is 30.7 Å². The number of carboxylic acids is 1. The normalized spacial score (nSPS) is 12.9. The fraction of sp³-hybridized carbons (Fsp3) is 0.182. The van der Waals surface area contributed by atoms with E-state index >= 15 is 0 Å². The first-order valence-corrected chi connectivity index (χ1v) is 4.60. The van der Waals surface area contributed by atoms with Crippen molar-refractivity contribution in [2.75, 3.05) is 0 Å². The summed E-state index contributed by atoms with van der Waals surface area (Å²) >= 11 is 0. The third-order valence-corrected chi connectivity index (χ3v) is 2.28. The molecular weight excluding hydrogens is 194 g/mol. The monoisotopic (exact) mass is 205 g/mol. The van der Waals surface area contributed by atoms with Gasteiger partial charge < -0.3 is 15.3 Å². The SMILES string of the molecule is CC(N)c1ccc2oc(C(=O)O)cc2c1. The molecular formula is C11H11NO3. The summed E-state index contributed by atoms with van der Waals surface area (Å²) in [6.07, 6.45) is 0. The molecule has 0 saturated heterocycles. The Morgan fingerprint density at radius 2 is 2.20 bits per heavy atom. The maximum Gasteiger partial charge on any atom is 0.371 e. The van der Waals surface area contributed by atoms with Gasteiger partial charge in [0.2, 0.25) is 5.76 Å². The van der Waals surface area contributed by atoms with E-state index in [0.717, 1.165) is 10.9 Å². The van der Waals surface area contributed by atoms with Crippen molar-refractivity contribution in [3.8, 4) is 0 Å². The smallest absolute Gasteiger partial charge is 0.371 e. The van der Waals surface area contributed by atoms with E-state index in [4.69, 9.17) is 15.3 Å². The molecule has 1 atom stereocenters. The van der Waals surface area contributed by atoms with Crippen molar-refractivity contribution in [3.63, 3.8) is 0 Å². The molecule has 0 spiro atoms. The Kier molecular flexibility index (Phi) is 2.21. The summed E-state index contributed by atoms with van der Waals surface area (Å²) < 4.78 is 5.12. The quantitative estimate of drug-likeness (QED) is 0.787. The fourth-order valence-electron chi connectivity index (χ4n) is 1.45. The number of carboxylic acid groups (broad SMARTS) is 1. The number of hydrogen-bond acceptors (Lipinski definition) is 3. The average molecular weight is 205 g/mol. The molecule has 4 heteroatoms. The van der Waals surface area contributed by atoms with Gasteiger partial charge >= 0.3 is 5.97 Å². The minimum Gasteiger partial charge on any atom is -0.475 e. The lowest BCUT2D eigenvalue weighted by Crippen LogP contribution is -2.03. The maximum atomic E-state index is 10.7. The van der Waals surface area contributed by atoms with Gasteiger partial charge in [0, 0.05) is 11.4 Å². The Morgan fingerprint density at radius 1 is 1.47 bits per heavy atom. The van der Waals surface area contributed by atoms with Crippen LogP contribution in [0.1, 0.15) is 29.1 Å². The van der Waals surface area contributed by atoms with E-state index in [0.29, 0.717) is 5.58 Å². The number of furan rings is 1. The van der Waals surface area contributed by atoms with Crippen LogP contribution in [0.2, 0.25) is 0 Å². The van der Waals surface area contributed by atoms with Gasteiger partial charge in [0.15, 0.2) is 0 Å². The highest BCUT2D eigenvalue weighted by atomic mass is 16.4. The van der Waals surface area contributed by atoms with E-state index in [1.807, 2.05) is 19.1 Å². The van der Waals surface area contributed by atoms with E-state index < -0.39 is 5.97 Å². The first-order chi connectivity index (χ1) is 7.08. The first kappa shape index (κ1) is 9.73. The number of rotatable bonds is 2. The van der Waals surface area contributed by atoms with Gasteiger partial charge in [-0.1, -0.05) is 6.07 Å². The molecule has 0 aliphatic rings. The molecule has 0 amide bonds. The van der Waals surface area contributed by atoms with Crippen LogP contribution >= 0.6 is 0 Å². The number of hydrogen-bond donors (Lipinski definition) is 2. The van der Waals surface area contributed by atoms with Gasteiger partial charge in [-0.25, -0.2) is 4.79 Å². The molecule has 1 heterocycles. The third kappa shape index (κ3) is 1.71. The number of fused-ring (bicyclic) bond motifs is 1. The molecule has 0 radical (unpaired) electrons. The molecule has 1 unspecified atom stereocenters. The van der Waals surface area contributed by atoms with Crippen LogP contribution in [0.15, 0.2) is 28.7 Å². The zero-order chi connectivity index (χ0) is 11.0. The van der Waals surface area contributed by atoms with Crippen molar-refractivity contribution in [3.05, 3.63) is 35.6 Å². The minimum atomic E-state index is -1.06. The largest absolute Gasteiger partial charge is 0.475 e. The molecule has 2 rings (SSSR count). The Balaban J connectivity index is 2.57.